The van der Waals surface area contributed by atoms with Crippen molar-refractivity contribution in [3.05, 3.63) is 0 Å². The Bertz CT molecular complexity index is 320. The molecule has 2 atom stereocenters. The van der Waals surface area contributed by atoms with Crippen molar-refractivity contribution in [1.29, 1.82) is 0 Å². The summed E-state index contributed by atoms with van der Waals surface area (Å²) in [5, 5.41) is 9.49. The Labute approximate surface area is 117 Å². The van der Waals surface area contributed by atoms with E-state index in [0.717, 1.165) is 6.42 Å². The lowest BCUT2D eigenvalue weighted by Gasteiger charge is -2.44. The number of aliphatic hydroxyl groups excluding tert-OH is 1. The maximum Gasteiger partial charge on any atom is 0.410 e. The number of hydrogen-bond acceptors (Lipinski definition) is 3. The number of aliphatic hydroxyl groups is 1. The largest absolute Gasteiger partial charge is 0.444 e. The molecule has 0 aromatic rings. The molecule has 0 saturated carbocycles. The maximum absolute atomic E-state index is 12.0. The van der Waals surface area contributed by atoms with Crippen molar-refractivity contribution in [3.8, 4) is 0 Å². The van der Waals surface area contributed by atoms with Crippen LogP contribution < -0.4 is 0 Å². The second-order valence-electron chi connectivity index (χ2n) is 7.45. The van der Waals surface area contributed by atoms with E-state index in [9.17, 15) is 9.90 Å². The molecule has 112 valence electrons. The van der Waals surface area contributed by atoms with E-state index in [1.807, 2.05) is 20.8 Å². The molecule has 0 radical (unpaired) electrons. The van der Waals surface area contributed by atoms with Crippen LogP contribution in [0.4, 0.5) is 4.79 Å². The van der Waals surface area contributed by atoms with Gasteiger partial charge in [-0.15, -0.1) is 0 Å². The highest BCUT2D eigenvalue weighted by atomic mass is 16.6. The monoisotopic (exact) mass is 271 g/mol. The second-order valence-corrected chi connectivity index (χ2v) is 7.45. The Hall–Kier alpha value is -0.770. The minimum absolute atomic E-state index is 0.0839. The molecule has 0 spiro atoms. The Morgan fingerprint density at radius 3 is 2.32 bits per heavy atom. The lowest BCUT2D eigenvalue weighted by Crippen LogP contribution is -2.48. The predicted molar refractivity (Wildman–Crippen MR) is 75.9 cm³/mol. The molecule has 1 heterocycles. The first kappa shape index (κ1) is 16.3. The Morgan fingerprint density at radius 2 is 1.89 bits per heavy atom. The summed E-state index contributed by atoms with van der Waals surface area (Å²) in [7, 11) is 0. The summed E-state index contributed by atoms with van der Waals surface area (Å²) in [5.41, 5.74) is -0.527. The first-order valence-electron chi connectivity index (χ1n) is 7.15. The molecule has 1 rings (SSSR count). The quantitative estimate of drug-likeness (QED) is 0.840. The summed E-state index contributed by atoms with van der Waals surface area (Å²) in [6.45, 7) is 13.6. The SMILES string of the molecule is CC1CN(C(=O)OC(C)(C)C)CCC1C(C)(C)CO. The zero-order valence-corrected chi connectivity index (χ0v) is 13.2. The molecule has 4 nitrogen and oxygen atoms in total. The summed E-state index contributed by atoms with van der Waals surface area (Å²) in [5.74, 6) is 0.819. The normalized spacial score (nSPS) is 25.3. The van der Waals surface area contributed by atoms with Crippen LogP contribution in [0.5, 0.6) is 0 Å². The maximum atomic E-state index is 12.0. The predicted octanol–water partition coefficient (Wildman–Crippen LogP) is 2.90. The van der Waals surface area contributed by atoms with E-state index in [0.29, 0.717) is 24.9 Å². The molecule has 2 unspecified atom stereocenters. The summed E-state index contributed by atoms with van der Waals surface area (Å²) >= 11 is 0. The van der Waals surface area contributed by atoms with Crippen molar-refractivity contribution in [2.75, 3.05) is 19.7 Å². The Kier molecular flexibility index (Phi) is 4.88. The average molecular weight is 271 g/mol. The van der Waals surface area contributed by atoms with Gasteiger partial charge in [0, 0.05) is 19.7 Å². The van der Waals surface area contributed by atoms with Gasteiger partial charge in [0.15, 0.2) is 0 Å². The molecule has 1 aliphatic rings. The van der Waals surface area contributed by atoms with Crippen LogP contribution in [0.1, 0.15) is 48.0 Å². The van der Waals surface area contributed by atoms with Crippen molar-refractivity contribution in [2.24, 2.45) is 17.3 Å². The van der Waals surface area contributed by atoms with E-state index >= 15 is 0 Å². The van der Waals surface area contributed by atoms with E-state index < -0.39 is 5.60 Å². The second kappa shape index (κ2) is 5.70. The fraction of sp³-hybridized carbons (Fsp3) is 0.933. The highest BCUT2D eigenvalue weighted by Gasteiger charge is 2.38. The van der Waals surface area contributed by atoms with Gasteiger partial charge in [-0.2, -0.15) is 0 Å². The number of carbonyl (C=O) groups excluding carboxylic acids is 1. The zero-order chi connectivity index (χ0) is 14.8. The number of carbonyl (C=O) groups is 1. The molecule has 0 aromatic heterocycles. The smallest absolute Gasteiger partial charge is 0.410 e. The number of amides is 1. The zero-order valence-electron chi connectivity index (χ0n) is 13.2. The summed E-state index contributed by atoms with van der Waals surface area (Å²) in [6, 6.07) is 0. The molecule has 1 N–H and O–H groups in total. The van der Waals surface area contributed by atoms with Crippen molar-refractivity contribution >= 4 is 6.09 Å². The molecule has 19 heavy (non-hydrogen) atoms. The molecule has 4 heteroatoms. The van der Waals surface area contributed by atoms with Crippen LogP contribution in [0, 0.1) is 17.3 Å². The van der Waals surface area contributed by atoms with Gasteiger partial charge in [-0.1, -0.05) is 20.8 Å². The topological polar surface area (TPSA) is 49.8 Å². The van der Waals surface area contributed by atoms with Gasteiger partial charge in [0.1, 0.15) is 5.60 Å². The van der Waals surface area contributed by atoms with Crippen LogP contribution in [0.15, 0.2) is 0 Å². The lowest BCUT2D eigenvalue weighted by molar-refractivity contribution is -0.0122. The van der Waals surface area contributed by atoms with Gasteiger partial charge in [-0.3, -0.25) is 0 Å². The minimum Gasteiger partial charge on any atom is -0.444 e. The molecule has 1 fully saturated rings. The first-order valence-corrected chi connectivity index (χ1v) is 7.15. The van der Waals surface area contributed by atoms with Crippen LogP contribution in [-0.2, 0) is 4.74 Å². The summed E-state index contributed by atoms with van der Waals surface area (Å²) < 4.78 is 5.41. The standard InChI is InChI=1S/C15H29NO3/c1-11-9-16(13(18)19-14(2,3)4)8-7-12(11)15(5,6)10-17/h11-12,17H,7-10H2,1-6H3. The Balaban J connectivity index is 2.61. The van der Waals surface area contributed by atoms with Gasteiger partial charge in [0.05, 0.1) is 0 Å². The minimum atomic E-state index is -0.443. The number of ether oxygens (including phenoxy) is 1. The molecule has 1 saturated heterocycles. The van der Waals surface area contributed by atoms with Crippen LogP contribution in [0.3, 0.4) is 0 Å². The highest BCUT2D eigenvalue weighted by Crippen LogP contribution is 2.38. The van der Waals surface area contributed by atoms with Gasteiger partial charge < -0.3 is 14.7 Å². The van der Waals surface area contributed by atoms with Crippen molar-refractivity contribution in [1.82, 2.24) is 4.90 Å². The van der Waals surface area contributed by atoms with Gasteiger partial charge in [-0.25, -0.2) is 4.79 Å². The van der Waals surface area contributed by atoms with Gasteiger partial charge in [-0.05, 0) is 44.4 Å². The van der Waals surface area contributed by atoms with Crippen LogP contribution in [0.2, 0.25) is 0 Å². The van der Waals surface area contributed by atoms with Gasteiger partial charge in [0.2, 0.25) is 0 Å². The average Bonchev–Trinajstić information content (AvgIpc) is 2.26. The van der Waals surface area contributed by atoms with E-state index in [2.05, 4.69) is 20.8 Å². The fourth-order valence-corrected chi connectivity index (χ4v) is 2.92. The number of nitrogens with zero attached hydrogens (tertiary/aromatic N) is 1. The van der Waals surface area contributed by atoms with Crippen molar-refractivity contribution in [3.63, 3.8) is 0 Å². The number of hydrogen-bond donors (Lipinski definition) is 1. The van der Waals surface area contributed by atoms with E-state index in [4.69, 9.17) is 4.74 Å². The molecular weight excluding hydrogens is 242 g/mol. The van der Waals surface area contributed by atoms with Crippen molar-refractivity contribution < 1.29 is 14.6 Å². The van der Waals surface area contributed by atoms with Crippen molar-refractivity contribution in [2.45, 2.75) is 53.6 Å². The molecule has 0 aromatic carbocycles. The van der Waals surface area contributed by atoms with E-state index in [-0.39, 0.29) is 18.1 Å². The van der Waals surface area contributed by atoms with Gasteiger partial charge in [0.25, 0.3) is 0 Å². The summed E-state index contributed by atoms with van der Waals surface area (Å²) in [6.07, 6.45) is 0.702. The van der Waals surface area contributed by atoms with Gasteiger partial charge >= 0.3 is 6.09 Å². The number of piperidine rings is 1. The van der Waals surface area contributed by atoms with Crippen LogP contribution in [0.25, 0.3) is 0 Å². The number of likely N-dealkylation sites (tertiary alicyclic amines) is 1. The van der Waals surface area contributed by atoms with Crippen LogP contribution >= 0.6 is 0 Å². The molecular formula is C15H29NO3. The third kappa shape index (κ3) is 4.37. The van der Waals surface area contributed by atoms with Crippen LogP contribution in [-0.4, -0.2) is 41.4 Å². The molecule has 1 amide bonds. The molecule has 0 aliphatic carbocycles. The summed E-state index contributed by atoms with van der Waals surface area (Å²) in [4.78, 5) is 13.8. The lowest BCUT2D eigenvalue weighted by atomic mass is 9.69. The van der Waals surface area contributed by atoms with E-state index in [1.54, 1.807) is 4.90 Å². The third-order valence-corrected chi connectivity index (χ3v) is 3.97. The number of rotatable bonds is 2. The fourth-order valence-electron chi connectivity index (χ4n) is 2.92. The first-order chi connectivity index (χ1) is 8.57. The van der Waals surface area contributed by atoms with E-state index in [1.165, 1.54) is 0 Å². The molecule has 1 aliphatic heterocycles. The third-order valence-electron chi connectivity index (χ3n) is 3.97. The Morgan fingerprint density at radius 1 is 1.32 bits per heavy atom. The molecule has 0 bridgehead atoms. The highest BCUT2D eigenvalue weighted by molar-refractivity contribution is 5.68.